The van der Waals surface area contributed by atoms with Crippen molar-refractivity contribution in [3.63, 3.8) is 0 Å². The lowest BCUT2D eigenvalue weighted by Crippen LogP contribution is -2.53. The van der Waals surface area contributed by atoms with Gasteiger partial charge in [0.15, 0.2) is 0 Å². The molecule has 2 N–H and O–H groups in total. The molecule has 1 unspecified atom stereocenters. The topological polar surface area (TPSA) is 58.8 Å². The fourth-order valence-electron chi connectivity index (χ4n) is 2.63. The Morgan fingerprint density at radius 2 is 2.00 bits per heavy atom. The Balaban J connectivity index is 2.28. The number of carbonyl (C=O) groups excluding carboxylic acids is 1. The average Bonchev–Trinajstić information content (AvgIpc) is 2.45. The van der Waals surface area contributed by atoms with Gasteiger partial charge in [0.05, 0.1) is 18.1 Å². The fourth-order valence-corrected chi connectivity index (χ4v) is 2.89. The molecule has 1 saturated heterocycles. The Bertz CT molecular complexity index is 318. The van der Waals surface area contributed by atoms with E-state index in [0.717, 1.165) is 52.0 Å². The van der Waals surface area contributed by atoms with Crippen LogP contribution < -0.4 is 5.73 Å². The van der Waals surface area contributed by atoms with E-state index in [0.29, 0.717) is 11.4 Å². The second-order valence-corrected chi connectivity index (χ2v) is 5.74. The molecule has 1 fully saturated rings. The zero-order chi connectivity index (χ0) is 15.0. The van der Waals surface area contributed by atoms with Gasteiger partial charge in [-0.25, -0.2) is 0 Å². The maximum absolute atomic E-state index is 11.1. The van der Waals surface area contributed by atoms with Crippen molar-refractivity contribution < 1.29 is 9.53 Å². The van der Waals surface area contributed by atoms with E-state index in [9.17, 15) is 4.79 Å². The van der Waals surface area contributed by atoms with Crippen LogP contribution in [0.15, 0.2) is 0 Å². The van der Waals surface area contributed by atoms with Gasteiger partial charge in [0.2, 0.25) is 0 Å². The van der Waals surface area contributed by atoms with Crippen molar-refractivity contribution in [1.29, 1.82) is 0 Å². The predicted octanol–water partition coefficient (Wildman–Crippen LogP) is 1.01. The average molecular weight is 301 g/mol. The molecule has 5 nitrogen and oxygen atoms in total. The molecular weight excluding hydrogens is 274 g/mol. The van der Waals surface area contributed by atoms with Crippen LogP contribution in [0, 0.1) is 0 Å². The van der Waals surface area contributed by atoms with Gasteiger partial charge in [-0.3, -0.25) is 9.69 Å². The van der Waals surface area contributed by atoms with Gasteiger partial charge in [-0.1, -0.05) is 25.6 Å². The highest BCUT2D eigenvalue weighted by atomic mass is 32.1. The van der Waals surface area contributed by atoms with E-state index < -0.39 is 0 Å². The van der Waals surface area contributed by atoms with E-state index in [-0.39, 0.29) is 12.0 Å². The summed E-state index contributed by atoms with van der Waals surface area (Å²) in [6.07, 6.45) is 3.50. The molecule has 0 radical (unpaired) electrons. The molecule has 0 aliphatic carbocycles. The fraction of sp³-hybridized carbons (Fsp3) is 0.857. The van der Waals surface area contributed by atoms with Crippen LogP contribution in [-0.4, -0.2) is 66.6 Å². The first-order chi connectivity index (χ1) is 9.58. The number of carbonyl (C=O) groups is 1. The molecule has 1 heterocycles. The number of rotatable bonds is 8. The number of thiocarbonyl (C=S) groups is 1. The quantitative estimate of drug-likeness (QED) is 0.533. The Kier molecular flexibility index (Phi) is 8.02. The van der Waals surface area contributed by atoms with Gasteiger partial charge in [0.1, 0.15) is 0 Å². The van der Waals surface area contributed by atoms with Crippen LogP contribution in [0.5, 0.6) is 0 Å². The Labute approximate surface area is 127 Å². The smallest absolute Gasteiger partial charge is 0.305 e. The Morgan fingerprint density at radius 3 is 2.50 bits per heavy atom. The second-order valence-electron chi connectivity index (χ2n) is 5.26. The SMILES string of the molecule is CCCC(C(N)=S)N1CCN(CCCC(=O)OC)CC1. The summed E-state index contributed by atoms with van der Waals surface area (Å²) in [4.78, 5) is 16.5. The van der Waals surface area contributed by atoms with Gasteiger partial charge in [-0.05, 0) is 19.4 Å². The first-order valence-electron chi connectivity index (χ1n) is 7.41. The molecule has 6 heteroatoms. The number of piperazine rings is 1. The highest BCUT2D eigenvalue weighted by molar-refractivity contribution is 7.80. The zero-order valence-corrected chi connectivity index (χ0v) is 13.5. The molecule has 1 aliphatic rings. The molecule has 20 heavy (non-hydrogen) atoms. The molecule has 1 atom stereocenters. The summed E-state index contributed by atoms with van der Waals surface area (Å²) in [5.41, 5.74) is 5.84. The molecule has 0 amide bonds. The molecule has 1 rings (SSSR count). The molecule has 0 aromatic heterocycles. The molecule has 0 saturated carbocycles. The van der Waals surface area contributed by atoms with Crippen molar-refractivity contribution in [2.75, 3.05) is 39.8 Å². The van der Waals surface area contributed by atoms with Gasteiger partial charge >= 0.3 is 5.97 Å². The van der Waals surface area contributed by atoms with Crippen LogP contribution in [0.2, 0.25) is 0 Å². The zero-order valence-electron chi connectivity index (χ0n) is 12.6. The highest BCUT2D eigenvalue weighted by Crippen LogP contribution is 2.12. The molecule has 0 aromatic carbocycles. The molecule has 0 bridgehead atoms. The first-order valence-corrected chi connectivity index (χ1v) is 7.81. The lowest BCUT2D eigenvalue weighted by molar-refractivity contribution is -0.140. The van der Waals surface area contributed by atoms with Crippen molar-refractivity contribution in [3.8, 4) is 0 Å². The van der Waals surface area contributed by atoms with Crippen molar-refractivity contribution >= 4 is 23.2 Å². The van der Waals surface area contributed by atoms with Gasteiger partial charge in [-0.2, -0.15) is 0 Å². The van der Waals surface area contributed by atoms with E-state index in [2.05, 4.69) is 21.5 Å². The third-order valence-electron chi connectivity index (χ3n) is 3.82. The minimum Gasteiger partial charge on any atom is -0.469 e. The van der Waals surface area contributed by atoms with Crippen molar-refractivity contribution in [2.24, 2.45) is 5.73 Å². The van der Waals surface area contributed by atoms with Crippen molar-refractivity contribution in [2.45, 2.75) is 38.6 Å². The van der Waals surface area contributed by atoms with E-state index in [4.69, 9.17) is 18.0 Å². The lowest BCUT2D eigenvalue weighted by Gasteiger charge is -2.39. The normalized spacial score (nSPS) is 18.7. The summed E-state index contributed by atoms with van der Waals surface area (Å²) in [6, 6.07) is 0.243. The van der Waals surface area contributed by atoms with Gasteiger partial charge < -0.3 is 15.4 Å². The Morgan fingerprint density at radius 1 is 1.35 bits per heavy atom. The van der Waals surface area contributed by atoms with Crippen LogP contribution in [0.25, 0.3) is 0 Å². The van der Waals surface area contributed by atoms with E-state index in [1.807, 2.05) is 0 Å². The molecule has 1 aliphatic heterocycles. The number of nitrogens with zero attached hydrogens (tertiary/aromatic N) is 2. The minimum absolute atomic E-state index is 0.125. The summed E-state index contributed by atoms with van der Waals surface area (Å²) in [7, 11) is 1.44. The summed E-state index contributed by atoms with van der Waals surface area (Å²) < 4.78 is 4.65. The molecule has 116 valence electrons. The molecule has 0 spiro atoms. The molecule has 0 aromatic rings. The van der Waals surface area contributed by atoms with Crippen molar-refractivity contribution in [1.82, 2.24) is 9.80 Å². The van der Waals surface area contributed by atoms with E-state index >= 15 is 0 Å². The van der Waals surface area contributed by atoms with Gasteiger partial charge in [0, 0.05) is 32.6 Å². The predicted molar refractivity (Wildman–Crippen MR) is 84.7 cm³/mol. The summed E-state index contributed by atoms with van der Waals surface area (Å²) in [5, 5.41) is 0. The number of nitrogens with two attached hydrogens (primary N) is 1. The standard InChI is InChI=1S/C14H27N3O2S/c1-3-5-12(14(15)20)17-10-8-16(9-11-17)7-4-6-13(18)19-2/h12H,3-11H2,1-2H3,(H2,15,20). The number of methoxy groups -OCH3 is 1. The van der Waals surface area contributed by atoms with Crippen LogP contribution in [0.1, 0.15) is 32.6 Å². The third kappa shape index (κ3) is 5.73. The number of hydrogen-bond donors (Lipinski definition) is 1. The summed E-state index contributed by atoms with van der Waals surface area (Å²) >= 11 is 5.18. The second kappa shape index (κ2) is 9.26. The van der Waals surface area contributed by atoms with Crippen molar-refractivity contribution in [3.05, 3.63) is 0 Å². The van der Waals surface area contributed by atoms with Crippen LogP contribution in [0.4, 0.5) is 0 Å². The van der Waals surface area contributed by atoms with E-state index in [1.165, 1.54) is 7.11 Å². The largest absolute Gasteiger partial charge is 0.469 e. The monoisotopic (exact) mass is 301 g/mol. The summed E-state index contributed by atoms with van der Waals surface area (Å²) in [6.45, 7) is 7.15. The van der Waals surface area contributed by atoms with Gasteiger partial charge in [-0.15, -0.1) is 0 Å². The van der Waals surface area contributed by atoms with E-state index in [1.54, 1.807) is 0 Å². The number of hydrogen-bond acceptors (Lipinski definition) is 5. The summed E-state index contributed by atoms with van der Waals surface area (Å²) in [5.74, 6) is -0.125. The minimum atomic E-state index is -0.125. The van der Waals surface area contributed by atoms with Crippen LogP contribution in [-0.2, 0) is 9.53 Å². The van der Waals surface area contributed by atoms with Gasteiger partial charge in [0.25, 0.3) is 0 Å². The Hall–Kier alpha value is -0.720. The number of ether oxygens (including phenoxy) is 1. The highest BCUT2D eigenvalue weighted by Gasteiger charge is 2.24. The maximum Gasteiger partial charge on any atom is 0.305 e. The maximum atomic E-state index is 11.1. The third-order valence-corrected chi connectivity index (χ3v) is 4.09. The van der Waals surface area contributed by atoms with Crippen LogP contribution in [0.3, 0.4) is 0 Å². The number of esters is 1. The lowest BCUT2D eigenvalue weighted by atomic mass is 10.1. The van der Waals surface area contributed by atoms with Crippen LogP contribution >= 0.6 is 12.2 Å². The molecular formula is C14H27N3O2S. The first kappa shape index (κ1) is 17.3.